The van der Waals surface area contributed by atoms with Gasteiger partial charge in [-0.05, 0) is 85.2 Å². The quantitative estimate of drug-likeness (QED) is 0.248. The molecule has 238 valence electrons. The number of aliphatic hydroxyl groups is 1. The molecule has 7 nitrogen and oxygen atoms in total. The van der Waals surface area contributed by atoms with Gasteiger partial charge in [0.25, 0.3) is 11.8 Å². The van der Waals surface area contributed by atoms with Gasteiger partial charge >= 0.3 is 0 Å². The Bertz CT molecular complexity index is 1400. The molecule has 0 bridgehead atoms. The van der Waals surface area contributed by atoms with Gasteiger partial charge in [0.05, 0.1) is 24.8 Å². The second kappa shape index (κ2) is 16.6. The first-order valence-corrected chi connectivity index (χ1v) is 14.8. The van der Waals surface area contributed by atoms with E-state index in [-0.39, 0.29) is 42.9 Å². The van der Waals surface area contributed by atoms with Gasteiger partial charge < -0.3 is 25.4 Å². The fraction of sp³-hybridized carbons (Fsp3) is 0.412. The molecule has 1 fully saturated rings. The third-order valence-electron chi connectivity index (χ3n) is 7.82. The van der Waals surface area contributed by atoms with Gasteiger partial charge in [-0.2, -0.15) is 0 Å². The van der Waals surface area contributed by atoms with E-state index in [1.807, 2.05) is 19.1 Å². The van der Waals surface area contributed by atoms with Gasteiger partial charge in [-0.25, -0.2) is 8.78 Å². The first-order valence-electron chi connectivity index (χ1n) is 14.8. The lowest BCUT2D eigenvalue weighted by Crippen LogP contribution is -2.48. The molecule has 1 aliphatic heterocycles. The first kappa shape index (κ1) is 35.1. The van der Waals surface area contributed by atoms with Gasteiger partial charge in [-0.3, -0.25) is 9.59 Å². The maximum Gasteiger partial charge on any atom is 0.254 e. The van der Waals surface area contributed by atoms with E-state index in [2.05, 4.69) is 29.7 Å². The lowest BCUT2D eigenvalue weighted by molar-refractivity contribution is 0.0630. The molecule has 3 aromatic carbocycles. The van der Waals surface area contributed by atoms with E-state index < -0.39 is 29.7 Å². The molecule has 1 heterocycles. The van der Waals surface area contributed by atoms with Crippen LogP contribution in [-0.2, 0) is 24.1 Å². The molecule has 1 aliphatic rings. The molecule has 1 saturated heterocycles. The maximum absolute atomic E-state index is 14.0. The Balaban J connectivity index is 0.00000529. The van der Waals surface area contributed by atoms with Crippen LogP contribution < -0.4 is 10.6 Å². The number of halogens is 3. The van der Waals surface area contributed by atoms with Crippen LogP contribution in [0.25, 0.3) is 0 Å². The highest BCUT2D eigenvalue weighted by molar-refractivity contribution is 6.00. The number of likely N-dealkylation sites (tertiary alicyclic amines) is 1. The molecule has 0 unspecified atom stereocenters. The molecular formula is C34H42ClF2N3O4. The SMILES string of the molecule is CCc1cccc(CNC[C@@H](O)[C@H](Cc2cc(F)cc(F)c2)NC(=O)c2cc(C)cc(C(=O)N3CCC[C@H]3COC)c2)c1.Cl. The first-order chi connectivity index (χ1) is 20.7. The highest BCUT2D eigenvalue weighted by Gasteiger charge is 2.30. The molecular weight excluding hydrogens is 588 g/mol. The molecule has 0 aliphatic carbocycles. The monoisotopic (exact) mass is 629 g/mol. The summed E-state index contributed by atoms with van der Waals surface area (Å²) in [6.07, 6.45) is 1.58. The van der Waals surface area contributed by atoms with E-state index in [1.54, 1.807) is 30.2 Å². The van der Waals surface area contributed by atoms with E-state index >= 15 is 0 Å². The third-order valence-corrected chi connectivity index (χ3v) is 7.82. The van der Waals surface area contributed by atoms with Crippen molar-refractivity contribution in [1.82, 2.24) is 15.5 Å². The average Bonchev–Trinajstić information content (AvgIpc) is 3.44. The summed E-state index contributed by atoms with van der Waals surface area (Å²) in [6, 6.07) is 15.4. The highest BCUT2D eigenvalue weighted by atomic mass is 35.5. The molecule has 0 spiro atoms. The van der Waals surface area contributed by atoms with Crippen molar-refractivity contribution in [2.24, 2.45) is 0 Å². The lowest BCUT2D eigenvalue weighted by Gasteiger charge is -2.26. The zero-order chi connectivity index (χ0) is 30.9. The fourth-order valence-corrected chi connectivity index (χ4v) is 5.66. The smallest absolute Gasteiger partial charge is 0.254 e. The number of nitrogens with one attached hydrogen (secondary N) is 2. The molecule has 44 heavy (non-hydrogen) atoms. The van der Waals surface area contributed by atoms with Crippen LogP contribution in [0, 0.1) is 18.6 Å². The van der Waals surface area contributed by atoms with Crippen molar-refractivity contribution >= 4 is 24.2 Å². The number of nitrogens with zero attached hydrogens (tertiary/aromatic N) is 1. The third kappa shape index (κ3) is 9.56. The van der Waals surface area contributed by atoms with Gasteiger partial charge in [-0.1, -0.05) is 31.2 Å². The van der Waals surface area contributed by atoms with E-state index in [9.17, 15) is 23.5 Å². The van der Waals surface area contributed by atoms with Crippen LogP contribution in [0.4, 0.5) is 8.78 Å². The maximum atomic E-state index is 14.0. The standard InChI is InChI=1S/C34H41F2N3O4.ClH/c1-4-23-7-5-8-24(13-23)19-37-20-32(40)31(16-25-14-28(35)18-29(36)15-25)38-33(41)26-11-22(2)12-27(17-26)34(42)39-10-6-9-30(39)21-43-3;/h5,7-8,11-15,17-18,30-32,37,40H,4,6,9-10,16,19-21H2,1-3H3,(H,38,41);1H/t30-,31-,32+;/m0./s1. The number of carbonyl (C=O) groups is 2. The fourth-order valence-electron chi connectivity index (χ4n) is 5.66. The summed E-state index contributed by atoms with van der Waals surface area (Å²) < 4.78 is 33.3. The van der Waals surface area contributed by atoms with Crippen molar-refractivity contribution in [3.63, 3.8) is 0 Å². The van der Waals surface area contributed by atoms with Crippen LogP contribution in [0.15, 0.2) is 60.7 Å². The van der Waals surface area contributed by atoms with Crippen LogP contribution in [0.5, 0.6) is 0 Å². The van der Waals surface area contributed by atoms with Crippen LogP contribution in [0.2, 0.25) is 0 Å². The van der Waals surface area contributed by atoms with E-state index in [0.29, 0.717) is 30.8 Å². The van der Waals surface area contributed by atoms with Gasteiger partial charge in [0.2, 0.25) is 0 Å². The van der Waals surface area contributed by atoms with Gasteiger partial charge in [0.1, 0.15) is 11.6 Å². The minimum atomic E-state index is -1.07. The molecule has 3 N–H and O–H groups in total. The summed E-state index contributed by atoms with van der Waals surface area (Å²) >= 11 is 0. The average molecular weight is 630 g/mol. The Labute approximate surface area is 264 Å². The minimum Gasteiger partial charge on any atom is -0.390 e. The van der Waals surface area contributed by atoms with Crippen molar-refractivity contribution in [2.75, 3.05) is 26.8 Å². The number of amides is 2. The number of methoxy groups -OCH3 is 1. The van der Waals surface area contributed by atoms with Crippen LogP contribution >= 0.6 is 12.4 Å². The number of rotatable bonds is 13. The molecule has 0 aromatic heterocycles. The molecule has 4 rings (SSSR count). The van der Waals surface area contributed by atoms with Gasteiger partial charge in [0, 0.05) is 43.9 Å². The largest absolute Gasteiger partial charge is 0.390 e. The Morgan fingerprint density at radius 3 is 2.43 bits per heavy atom. The Morgan fingerprint density at radius 2 is 1.73 bits per heavy atom. The molecule has 0 saturated carbocycles. The minimum absolute atomic E-state index is 0. The second-order valence-electron chi connectivity index (χ2n) is 11.3. The van der Waals surface area contributed by atoms with Crippen molar-refractivity contribution in [1.29, 1.82) is 0 Å². The van der Waals surface area contributed by atoms with E-state index in [4.69, 9.17) is 4.74 Å². The topological polar surface area (TPSA) is 90.9 Å². The Kier molecular flexibility index (Phi) is 13.3. The lowest BCUT2D eigenvalue weighted by atomic mass is 9.99. The number of aliphatic hydroxyl groups excluding tert-OH is 1. The number of carbonyl (C=O) groups excluding carboxylic acids is 2. The Morgan fingerprint density at radius 1 is 1.02 bits per heavy atom. The number of aryl methyl sites for hydroxylation is 2. The van der Waals surface area contributed by atoms with Crippen LogP contribution in [0.3, 0.4) is 0 Å². The molecule has 3 aromatic rings. The summed E-state index contributed by atoms with van der Waals surface area (Å²) in [5.74, 6) is -2.14. The van der Waals surface area contributed by atoms with Gasteiger partial charge in [0.15, 0.2) is 0 Å². The number of benzene rings is 3. The highest BCUT2D eigenvalue weighted by Crippen LogP contribution is 2.22. The van der Waals surface area contributed by atoms with Crippen LogP contribution in [0.1, 0.15) is 62.7 Å². The van der Waals surface area contributed by atoms with Crippen LogP contribution in [-0.4, -0.2) is 66.8 Å². The van der Waals surface area contributed by atoms with Crippen molar-refractivity contribution in [2.45, 2.75) is 64.3 Å². The predicted molar refractivity (Wildman–Crippen MR) is 169 cm³/mol. The van der Waals surface area contributed by atoms with Gasteiger partial charge in [-0.15, -0.1) is 12.4 Å². The Hall–Kier alpha value is -3.37. The zero-order valence-electron chi connectivity index (χ0n) is 25.4. The number of hydrogen-bond acceptors (Lipinski definition) is 5. The molecule has 3 atom stereocenters. The van der Waals surface area contributed by atoms with Crippen molar-refractivity contribution in [3.05, 3.63) is 106 Å². The zero-order valence-corrected chi connectivity index (χ0v) is 26.3. The summed E-state index contributed by atoms with van der Waals surface area (Å²) in [4.78, 5) is 28.7. The number of ether oxygens (including phenoxy) is 1. The van der Waals surface area contributed by atoms with Crippen molar-refractivity contribution < 1.29 is 28.2 Å². The van der Waals surface area contributed by atoms with Crippen molar-refractivity contribution in [3.8, 4) is 0 Å². The van der Waals surface area contributed by atoms with E-state index in [1.165, 1.54) is 17.7 Å². The number of hydrogen-bond donors (Lipinski definition) is 3. The normalized spacial score (nSPS) is 15.9. The predicted octanol–water partition coefficient (Wildman–Crippen LogP) is 5.00. The molecule has 2 amide bonds. The summed E-state index contributed by atoms with van der Waals surface area (Å²) in [5.41, 5.74) is 3.95. The summed E-state index contributed by atoms with van der Waals surface area (Å²) in [5, 5.41) is 17.3. The summed E-state index contributed by atoms with van der Waals surface area (Å²) in [6.45, 7) is 5.59. The second-order valence-corrected chi connectivity index (χ2v) is 11.3. The van der Waals surface area contributed by atoms with E-state index in [0.717, 1.165) is 36.5 Å². The molecule has 10 heteroatoms. The molecule has 0 radical (unpaired) electrons. The summed E-state index contributed by atoms with van der Waals surface area (Å²) in [7, 11) is 1.61.